The van der Waals surface area contributed by atoms with E-state index in [0.29, 0.717) is 0 Å². The molecule has 1 aromatic rings. The number of nitrogens with one attached hydrogen (secondary N) is 1. The van der Waals surface area contributed by atoms with Crippen molar-refractivity contribution in [2.24, 2.45) is 5.41 Å². The van der Waals surface area contributed by atoms with E-state index in [1.54, 1.807) is 14.2 Å². The molecule has 0 aromatic heterocycles. The van der Waals surface area contributed by atoms with Gasteiger partial charge in [-0.2, -0.15) is 0 Å². The summed E-state index contributed by atoms with van der Waals surface area (Å²) in [6, 6.07) is 6.34. The van der Waals surface area contributed by atoms with E-state index in [1.165, 1.54) is 5.56 Å². The minimum Gasteiger partial charge on any atom is -0.493 e. The van der Waals surface area contributed by atoms with Gasteiger partial charge in [0.25, 0.3) is 0 Å². The highest BCUT2D eigenvalue weighted by molar-refractivity contribution is 5.43. The zero-order valence-electron chi connectivity index (χ0n) is 14.5. The second-order valence-corrected chi connectivity index (χ2v) is 6.62. The molecule has 21 heavy (non-hydrogen) atoms. The van der Waals surface area contributed by atoms with Crippen LogP contribution in [0.1, 0.15) is 32.4 Å². The lowest BCUT2D eigenvalue weighted by Crippen LogP contribution is -2.38. The van der Waals surface area contributed by atoms with Crippen LogP contribution in [0.25, 0.3) is 0 Å². The van der Waals surface area contributed by atoms with Crippen molar-refractivity contribution < 1.29 is 9.47 Å². The molecule has 0 aliphatic heterocycles. The quantitative estimate of drug-likeness (QED) is 0.799. The van der Waals surface area contributed by atoms with E-state index in [4.69, 9.17) is 9.47 Å². The number of rotatable bonds is 8. The van der Waals surface area contributed by atoms with E-state index in [2.05, 4.69) is 51.1 Å². The Balaban J connectivity index is 2.69. The molecule has 0 bridgehead atoms. The third-order valence-corrected chi connectivity index (χ3v) is 3.54. The molecule has 120 valence electrons. The van der Waals surface area contributed by atoms with Crippen LogP contribution in [-0.2, 0) is 0 Å². The number of hydrogen-bond donors (Lipinski definition) is 1. The summed E-state index contributed by atoms with van der Waals surface area (Å²) in [5.41, 5.74) is 1.43. The lowest BCUT2D eigenvalue weighted by molar-refractivity contribution is 0.227. The van der Waals surface area contributed by atoms with Gasteiger partial charge >= 0.3 is 0 Å². The molecule has 1 aromatic carbocycles. The zero-order valence-corrected chi connectivity index (χ0v) is 14.5. The predicted octanol–water partition coefficient (Wildman–Crippen LogP) is 2.94. The summed E-state index contributed by atoms with van der Waals surface area (Å²) in [6.07, 6.45) is 0. The Morgan fingerprint density at radius 2 is 1.76 bits per heavy atom. The third kappa shape index (κ3) is 5.56. The Morgan fingerprint density at radius 3 is 2.29 bits per heavy atom. The predicted molar refractivity (Wildman–Crippen MR) is 88.3 cm³/mol. The molecule has 0 aliphatic carbocycles. The van der Waals surface area contributed by atoms with Crippen molar-refractivity contribution in [3.8, 4) is 11.5 Å². The Hall–Kier alpha value is -1.26. The first kappa shape index (κ1) is 17.8. The van der Waals surface area contributed by atoms with E-state index in [1.807, 2.05) is 12.1 Å². The molecule has 0 fully saturated rings. The van der Waals surface area contributed by atoms with Gasteiger partial charge in [0.2, 0.25) is 0 Å². The second kappa shape index (κ2) is 7.66. The van der Waals surface area contributed by atoms with E-state index < -0.39 is 0 Å². The van der Waals surface area contributed by atoms with Gasteiger partial charge in [-0.05, 0) is 44.1 Å². The van der Waals surface area contributed by atoms with Crippen LogP contribution in [0.5, 0.6) is 11.5 Å². The van der Waals surface area contributed by atoms with Gasteiger partial charge in [0.15, 0.2) is 11.5 Å². The molecule has 0 amide bonds. The summed E-state index contributed by atoms with van der Waals surface area (Å²) in [5, 5.41) is 3.61. The lowest BCUT2D eigenvalue weighted by Gasteiger charge is -2.30. The van der Waals surface area contributed by atoms with Gasteiger partial charge in [0.05, 0.1) is 14.2 Å². The van der Waals surface area contributed by atoms with Crippen LogP contribution in [0, 0.1) is 5.41 Å². The summed E-state index contributed by atoms with van der Waals surface area (Å²) in [6.45, 7) is 8.75. The fraction of sp³-hybridized carbons (Fsp3) is 0.647. The maximum absolute atomic E-state index is 5.37. The zero-order chi connectivity index (χ0) is 16.0. The highest BCUT2D eigenvalue weighted by atomic mass is 16.5. The molecule has 0 saturated carbocycles. The van der Waals surface area contributed by atoms with Crippen molar-refractivity contribution in [3.05, 3.63) is 23.8 Å². The molecule has 0 aliphatic rings. The molecule has 4 heteroatoms. The van der Waals surface area contributed by atoms with Gasteiger partial charge in [0.1, 0.15) is 0 Å². The molecule has 4 nitrogen and oxygen atoms in total. The lowest BCUT2D eigenvalue weighted by atomic mass is 9.92. The van der Waals surface area contributed by atoms with Crippen molar-refractivity contribution in [3.63, 3.8) is 0 Å². The van der Waals surface area contributed by atoms with Crippen LogP contribution in [0.2, 0.25) is 0 Å². The Morgan fingerprint density at radius 1 is 1.14 bits per heavy atom. The van der Waals surface area contributed by atoms with Gasteiger partial charge in [-0.25, -0.2) is 0 Å². The van der Waals surface area contributed by atoms with Crippen LogP contribution in [0.15, 0.2) is 18.2 Å². The first-order valence-electron chi connectivity index (χ1n) is 7.39. The second-order valence-electron chi connectivity index (χ2n) is 6.62. The van der Waals surface area contributed by atoms with E-state index in [9.17, 15) is 0 Å². The molecule has 1 N–H and O–H groups in total. The summed E-state index contributed by atoms with van der Waals surface area (Å²) >= 11 is 0. The monoisotopic (exact) mass is 294 g/mol. The smallest absolute Gasteiger partial charge is 0.161 e. The highest BCUT2D eigenvalue weighted by Gasteiger charge is 2.20. The first-order chi connectivity index (χ1) is 9.79. The van der Waals surface area contributed by atoms with Crippen LogP contribution in [-0.4, -0.2) is 46.3 Å². The van der Waals surface area contributed by atoms with Crippen molar-refractivity contribution >= 4 is 0 Å². The maximum atomic E-state index is 5.37. The average Bonchev–Trinajstić information content (AvgIpc) is 2.42. The normalized spacial score (nSPS) is 13.3. The van der Waals surface area contributed by atoms with Crippen molar-refractivity contribution in [2.75, 3.05) is 41.4 Å². The van der Waals surface area contributed by atoms with Gasteiger partial charge in [0, 0.05) is 19.1 Å². The summed E-state index contributed by atoms with van der Waals surface area (Å²) in [5.74, 6) is 1.54. The Bertz CT molecular complexity index is 444. The van der Waals surface area contributed by atoms with Crippen molar-refractivity contribution in [1.82, 2.24) is 10.2 Å². The summed E-state index contributed by atoms with van der Waals surface area (Å²) in [4.78, 5) is 2.22. The topological polar surface area (TPSA) is 33.7 Å². The SMILES string of the molecule is COc1ccc(C(C)NCC(C)(C)CN(C)C)cc1OC. The molecule has 0 heterocycles. The fourth-order valence-electron chi connectivity index (χ4n) is 2.58. The number of hydrogen-bond acceptors (Lipinski definition) is 4. The molecule has 0 spiro atoms. The minimum absolute atomic E-state index is 0.230. The third-order valence-electron chi connectivity index (χ3n) is 3.54. The van der Waals surface area contributed by atoms with E-state index in [0.717, 1.165) is 24.6 Å². The van der Waals surface area contributed by atoms with Crippen LogP contribution < -0.4 is 14.8 Å². The molecular weight excluding hydrogens is 264 g/mol. The largest absolute Gasteiger partial charge is 0.493 e. The van der Waals surface area contributed by atoms with Gasteiger partial charge in [-0.3, -0.25) is 0 Å². The van der Waals surface area contributed by atoms with Crippen LogP contribution in [0.3, 0.4) is 0 Å². The number of ether oxygens (including phenoxy) is 2. The first-order valence-corrected chi connectivity index (χ1v) is 7.39. The van der Waals surface area contributed by atoms with Crippen molar-refractivity contribution in [2.45, 2.75) is 26.8 Å². The number of methoxy groups -OCH3 is 2. The average molecular weight is 294 g/mol. The Labute approximate surface area is 129 Å². The number of benzene rings is 1. The number of nitrogens with zero attached hydrogens (tertiary/aromatic N) is 1. The van der Waals surface area contributed by atoms with Gasteiger partial charge in [-0.1, -0.05) is 19.9 Å². The van der Waals surface area contributed by atoms with Crippen molar-refractivity contribution in [1.29, 1.82) is 0 Å². The Kier molecular flexibility index (Phi) is 6.49. The van der Waals surface area contributed by atoms with Gasteiger partial charge < -0.3 is 19.7 Å². The molecular formula is C17H30N2O2. The highest BCUT2D eigenvalue weighted by Crippen LogP contribution is 2.30. The summed E-state index contributed by atoms with van der Waals surface area (Å²) in [7, 11) is 7.54. The fourth-order valence-corrected chi connectivity index (χ4v) is 2.58. The van der Waals surface area contributed by atoms with Crippen LogP contribution >= 0.6 is 0 Å². The minimum atomic E-state index is 0.230. The van der Waals surface area contributed by atoms with Crippen LogP contribution in [0.4, 0.5) is 0 Å². The molecule has 1 rings (SSSR count). The standard InChI is InChI=1S/C17H30N2O2/c1-13(18-11-17(2,3)12-19(4)5)14-8-9-15(20-6)16(10-14)21-7/h8-10,13,18H,11-12H2,1-7H3. The van der Waals surface area contributed by atoms with E-state index >= 15 is 0 Å². The van der Waals surface area contributed by atoms with Gasteiger partial charge in [-0.15, -0.1) is 0 Å². The molecule has 0 radical (unpaired) electrons. The molecule has 1 atom stereocenters. The molecule has 0 saturated heterocycles. The van der Waals surface area contributed by atoms with E-state index in [-0.39, 0.29) is 11.5 Å². The maximum Gasteiger partial charge on any atom is 0.161 e. The molecule has 1 unspecified atom stereocenters. The summed E-state index contributed by atoms with van der Waals surface area (Å²) < 4.78 is 10.6.